The number of thiophene rings is 1. The molecule has 3 aromatic rings. The summed E-state index contributed by atoms with van der Waals surface area (Å²) in [5.41, 5.74) is 0.929. The molecule has 3 heterocycles. The molecule has 1 aromatic carbocycles. The van der Waals surface area contributed by atoms with Gasteiger partial charge in [0.15, 0.2) is 0 Å². The molecule has 1 amide bonds. The summed E-state index contributed by atoms with van der Waals surface area (Å²) in [6.07, 6.45) is 1.84. The molecule has 1 saturated heterocycles. The SMILES string of the molecule is O=C(CSc1ccc(F)cc1)N1CCC[C@@H](c2nnc(-c3ccsc3)o2)C1. The van der Waals surface area contributed by atoms with Gasteiger partial charge in [0, 0.05) is 28.9 Å². The molecule has 1 aliphatic rings. The molecule has 1 fully saturated rings. The van der Waals surface area contributed by atoms with Crippen molar-refractivity contribution in [3.63, 3.8) is 0 Å². The Morgan fingerprint density at radius 2 is 2.15 bits per heavy atom. The Bertz CT molecular complexity index is 896. The minimum absolute atomic E-state index is 0.0680. The summed E-state index contributed by atoms with van der Waals surface area (Å²) in [6, 6.07) is 8.15. The largest absolute Gasteiger partial charge is 0.420 e. The van der Waals surface area contributed by atoms with Gasteiger partial charge in [0.2, 0.25) is 17.7 Å². The minimum atomic E-state index is -0.272. The second-order valence-electron chi connectivity index (χ2n) is 6.38. The highest BCUT2D eigenvalue weighted by Crippen LogP contribution is 2.29. The lowest BCUT2D eigenvalue weighted by atomic mass is 9.98. The summed E-state index contributed by atoms with van der Waals surface area (Å²) in [6.45, 7) is 1.33. The smallest absolute Gasteiger partial charge is 0.248 e. The predicted octanol–water partition coefficient (Wildman–Crippen LogP) is 4.44. The Hall–Kier alpha value is -2.19. The number of likely N-dealkylation sites (tertiary alicyclic amines) is 1. The van der Waals surface area contributed by atoms with Crippen molar-refractivity contribution in [2.75, 3.05) is 18.8 Å². The monoisotopic (exact) mass is 403 g/mol. The fourth-order valence-corrected chi connectivity index (χ4v) is 4.51. The molecule has 27 heavy (non-hydrogen) atoms. The number of nitrogens with zero attached hydrogens (tertiary/aromatic N) is 3. The number of thioether (sulfide) groups is 1. The van der Waals surface area contributed by atoms with Crippen LogP contribution < -0.4 is 0 Å². The molecule has 0 saturated carbocycles. The van der Waals surface area contributed by atoms with Crippen LogP contribution in [0.15, 0.2) is 50.4 Å². The van der Waals surface area contributed by atoms with Crippen molar-refractivity contribution in [2.45, 2.75) is 23.7 Å². The van der Waals surface area contributed by atoms with Gasteiger partial charge >= 0.3 is 0 Å². The van der Waals surface area contributed by atoms with Crippen molar-refractivity contribution in [2.24, 2.45) is 0 Å². The Balaban J connectivity index is 1.36. The van der Waals surface area contributed by atoms with Crippen LogP contribution >= 0.6 is 23.1 Å². The van der Waals surface area contributed by atoms with E-state index >= 15 is 0 Å². The first-order valence-corrected chi connectivity index (χ1v) is 10.6. The number of carbonyl (C=O) groups excluding carboxylic acids is 1. The highest BCUT2D eigenvalue weighted by Gasteiger charge is 2.28. The van der Waals surface area contributed by atoms with Gasteiger partial charge in [0.05, 0.1) is 11.7 Å². The fourth-order valence-electron chi connectivity index (χ4n) is 3.07. The maximum Gasteiger partial charge on any atom is 0.248 e. The molecule has 140 valence electrons. The summed E-state index contributed by atoms with van der Waals surface area (Å²) in [4.78, 5) is 15.3. The Kier molecular flexibility index (Phi) is 5.54. The van der Waals surface area contributed by atoms with Crippen LogP contribution in [0.1, 0.15) is 24.7 Å². The van der Waals surface area contributed by atoms with Crippen molar-refractivity contribution in [1.82, 2.24) is 15.1 Å². The lowest BCUT2D eigenvalue weighted by molar-refractivity contribution is -0.129. The molecular weight excluding hydrogens is 385 g/mol. The molecule has 0 unspecified atom stereocenters. The van der Waals surface area contributed by atoms with Crippen molar-refractivity contribution in [3.05, 3.63) is 52.8 Å². The van der Waals surface area contributed by atoms with Gasteiger partial charge in [-0.3, -0.25) is 4.79 Å². The Labute approximate surface area is 164 Å². The van der Waals surface area contributed by atoms with E-state index < -0.39 is 0 Å². The summed E-state index contributed by atoms with van der Waals surface area (Å²) >= 11 is 3.01. The van der Waals surface area contributed by atoms with E-state index in [2.05, 4.69) is 10.2 Å². The van der Waals surface area contributed by atoms with E-state index in [-0.39, 0.29) is 17.6 Å². The van der Waals surface area contributed by atoms with Crippen molar-refractivity contribution in [3.8, 4) is 11.5 Å². The van der Waals surface area contributed by atoms with Gasteiger partial charge in [-0.2, -0.15) is 11.3 Å². The van der Waals surface area contributed by atoms with E-state index in [4.69, 9.17) is 4.42 Å². The number of hydrogen-bond donors (Lipinski definition) is 0. The molecule has 4 rings (SSSR count). The molecule has 1 atom stereocenters. The highest BCUT2D eigenvalue weighted by molar-refractivity contribution is 8.00. The molecule has 0 bridgehead atoms. The van der Waals surface area contributed by atoms with E-state index in [1.165, 1.54) is 23.9 Å². The number of piperidine rings is 1. The van der Waals surface area contributed by atoms with Gasteiger partial charge in [0.25, 0.3) is 0 Å². The lowest BCUT2D eigenvalue weighted by Gasteiger charge is -2.31. The van der Waals surface area contributed by atoms with Crippen LogP contribution in [0.4, 0.5) is 4.39 Å². The molecule has 0 spiro atoms. The van der Waals surface area contributed by atoms with Gasteiger partial charge in [-0.15, -0.1) is 22.0 Å². The van der Waals surface area contributed by atoms with Crippen LogP contribution in [0, 0.1) is 5.82 Å². The Morgan fingerprint density at radius 1 is 1.30 bits per heavy atom. The van der Waals surface area contributed by atoms with E-state index in [9.17, 15) is 9.18 Å². The van der Waals surface area contributed by atoms with Crippen LogP contribution in [-0.2, 0) is 4.79 Å². The van der Waals surface area contributed by atoms with Gasteiger partial charge in [-0.1, -0.05) is 0 Å². The van der Waals surface area contributed by atoms with E-state index in [0.29, 0.717) is 24.1 Å². The van der Waals surface area contributed by atoms with Crippen LogP contribution in [0.25, 0.3) is 11.5 Å². The molecule has 5 nitrogen and oxygen atoms in total. The Morgan fingerprint density at radius 3 is 2.93 bits per heavy atom. The topological polar surface area (TPSA) is 59.2 Å². The van der Waals surface area contributed by atoms with E-state index in [0.717, 1.165) is 29.8 Å². The van der Waals surface area contributed by atoms with Gasteiger partial charge in [-0.25, -0.2) is 4.39 Å². The number of carbonyl (C=O) groups is 1. The zero-order chi connectivity index (χ0) is 18.6. The highest BCUT2D eigenvalue weighted by atomic mass is 32.2. The number of amides is 1. The first kappa shape index (κ1) is 18.2. The second kappa shape index (κ2) is 8.22. The molecule has 8 heteroatoms. The normalized spacial score (nSPS) is 17.2. The standard InChI is InChI=1S/C19H18FN3O2S2/c20-15-3-5-16(6-4-15)27-12-17(24)23-8-1-2-13(10-23)18-21-22-19(25-18)14-7-9-26-11-14/h3-7,9,11,13H,1-2,8,10,12H2/t13-/m1/s1. The summed E-state index contributed by atoms with van der Waals surface area (Å²) in [5.74, 6) is 1.33. The lowest BCUT2D eigenvalue weighted by Crippen LogP contribution is -2.40. The quantitative estimate of drug-likeness (QED) is 0.590. The second-order valence-corrected chi connectivity index (χ2v) is 8.21. The maximum atomic E-state index is 13.0. The molecule has 1 aliphatic heterocycles. The van der Waals surface area contributed by atoms with Crippen LogP contribution in [0.5, 0.6) is 0 Å². The van der Waals surface area contributed by atoms with Crippen molar-refractivity contribution in [1.29, 1.82) is 0 Å². The summed E-state index contributed by atoms with van der Waals surface area (Å²) in [7, 11) is 0. The number of rotatable bonds is 5. The molecule has 0 N–H and O–H groups in total. The first-order chi connectivity index (χ1) is 13.2. The fraction of sp³-hybridized carbons (Fsp3) is 0.316. The number of hydrogen-bond acceptors (Lipinski definition) is 6. The predicted molar refractivity (Wildman–Crippen MR) is 103 cm³/mol. The number of aromatic nitrogens is 2. The summed E-state index contributed by atoms with van der Waals surface area (Å²) < 4.78 is 18.8. The number of halogens is 1. The number of benzene rings is 1. The average molecular weight is 404 g/mol. The van der Waals surface area contributed by atoms with E-state index in [1.807, 2.05) is 21.7 Å². The third-order valence-corrected chi connectivity index (χ3v) is 6.19. The van der Waals surface area contributed by atoms with Gasteiger partial charge < -0.3 is 9.32 Å². The average Bonchev–Trinajstić information content (AvgIpc) is 3.39. The van der Waals surface area contributed by atoms with E-state index in [1.54, 1.807) is 23.5 Å². The zero-order valence-corrected chi connectivity index (χ0v) is 16.1. The first-order valence-electron chi connectivity index (χ1n) is 8.71. The van der Waals surface area contributed by atoms with Gasteiger partial charge in [0.1, 0.15) is 5.82 Å². The van der Waals surface area contributed by atoms with Crippen molar-refractivity contribution >= 4 is 29.0 Å². The molecule has 0 radical (unpaired) electrons. The minimum Gasteiger partial charge on any atom is -0.420 e. The molecule has 2 aromatic heterocycles. The van der Waals surface area contributed by atoms with Crippen LogP contribution in [-0.4, -0.2) is 39.8 Å². The molecular formula is C19H18FN3O2S2. The van der Waals surface area contributed by atoms with Crippen LogP contribution in [0.2, 0.25) is 0 Å². The summed E-state index contributed by atoms with van der Waals surface area (Å²) in [5, 5.41) is 12.3. The third-order valence-electron chi connectivity index (χ3n) is 4.51. The molecule has 0 aliphatic carbocycles. The van der Waals surface area contributed by atoms with Gasteiger partial charge in [-0.05, 0) is 48.6 Å². The maximum absolute atomic E-state index is 13.0. The third kappa shape index (κ3) is 4.39. The van der Waals surface area contributed by atoms with Crippen molar-refractivity contribution < 1.29 is 13.6 Å². The zero-order valence-electron chi connectivity index (χ0n) is 14.5. The van der Waals surface area contributed by atoms with Crippen LogP contribution in [0.3, 0.4) is 0 Å².